The van der Waals surface area contributed by atoms with Crippen LogP contribution >= 0.6 is 11.3 Å². The average Bonchev–Trinajstić information content (AvgIpc) is 3.11. The maximum Gasteiger partial charge on any atom is 0.273 e. The van der Waals surface area contributed by atoms with E-state index in [4.69, 9.17) is 9.47 Å². The third-order valence-corrected chi connectivity index (χ3v) is 5.46. The van der Waals surface area contributed by atoms with Gasteiger partial charge in [-0.15, -0.1) is 0 Å². The van der Waals surface area contributed by atoms with Gasteiger partial charge in [0.15, 0.2) is 16.6 Å². The molecule has 4 rings (SSSR count). The van der Waals surface area contributed by atoms with Crippen molar-refractivity contribution in [2.75, 3.05) is 38.7 Å². The van der Waals surface area contributed by atoms with Gasteiger partial charge in [0.05, 0.1) is 37.4 Å². The zero-order valence-electron chi connectivity index (χ0n) is 15.3. The van der Waals surface area contributed by atoms with Crippen LogP contribution in [0.2, 0.25) is 0 Å². The second-order valence-corrected chi connectivity index (χ2v) is 7.78. The summed E-state index contributed by atoms with van der Waals surface area (Å²) in [6, 6.07) is 15.3. The van der Waals surface area contributed by atoms with Crippen LogP contribution in [-0.4, -0.2) is 50.8 Å². The Labute approximate surface area is 161 Å². The first-order chi connectivity index (χ1) is 13.1. The number of carbonyl (C=O) groups is 1. The van der Waals surface area contributed by atoms with Crippen molar-refractivity contribution in [3.8, 4) is 11.5 Å². The lowest BCUT2D eigenvalue weighted by molar-refractivity contribution is -0.856. The average molecular weight is 384 g/mol. The highest BCUT2D eigenvalue weighted by atomic mass is 32.1. The van der Waals surface area contributed by atoms with Gasteiger partial charge in [0.1, 0.15) is 6.61 Å². The summed E-state index contributed by atoms with van der Waals surface area (Å²) in [5.74, 6) is 1.15. The highest BCUT2D eigenvalue weighted by Gasteiger charge is 2.33. The van der Waals surface area contributed by atoms with Crippen LogP contribution in [0.3, 0.4) is 0 Å². The molecule has 1 atom stereocenters. The number of hydrogen-bond donors (Lipinski definition) is 1. The van der Waals surface area contributed by atoms with Gasteiger partial charge in [0.25, 0.3) is 5.91 Å². The fourth-order valence-electron chi connectivity index (χ4n) is 2.93. The number of amides is 1. The second kappa shape index (κ2) is 7.54. The van der Waals surface area contributed by atoms with Crippen LogP contribution in [0.4, 0.5) is 5.13 Å². The number of rotatable bonds is 5. The standard InChI is InChI=1S/C20H21N3O3S/c1-22(2)11-12-23(20-21-14-7-3-6-10-18(14)27-20)19(24)17-13-25-15-8-4-5-9-16(15)26-17/h3-10,17H,11-13H2,1-2H3/p+1/t17-/m1/s1. The first-order valence-corrected chi connectivity index (χ1v) is 9.78. The van der Waals surface area contributed by atoms with E-state index in [1.54, 1.807) is 4.90 Å². The van der Waals surface area contributed by atoms with Crippen molar-refractivity contribution < 1.29 is 19.2 Å². The lowest BCUT2D eigenvalue weighted by Crippen LogP contribution is -3.06. The molecule has 27 heavy (non-hydrogen) atoms. The molecule has 140 valence electrons. The molecule has 2 aromatic carbocycles. The summed E-state index contributed by atoms with van der Waals surface area (Å²) in [5, 5.41) is 0.699. The molecule has 0 fully saturated rings. The summed E-state index contributed by atoms with van der Waals surface area (Å²) in [5.41, 5.74) is 0.902. The normalized spacial score (nSPS) is 15.9. The number of ether oxygens (including phenoxy) is 2. The molecule has 0 spiro atoms. The Morgan fingerprint density at radius 1 is 1.19 bits per heavy atom. The van der Waals surface area contributed by atoms with Crippen molar-refractivity contribution in [2.45, 2.75) is 6.10 Å². The van der Waals surface area contributed by atoms with E-state index < -0.39 is 6.10 Å². The molecule has 0 saturated heterocycles. The maximum absolute atomic E-state index is 13.3. The molecule has 7 heteroatoms. The summed E-state index contributed by atoms with van der Waals surface area (Å²) in [6.45, 7) is 1.58. The highest BCUT2D eigenvalue weighted by molar-refractivity contribution is 7.22. The molecule has 1 N–H and O–H groups in total. The number of thiazole rings is 1. The monoisotopic (exact) mass is 384 g/mol. The number of hydrogen-bond acceptors (Lipinski definition) is 5. The molecule has 2 heterocycles. The van der Waals surface area contributed by atoms with Crippen LogP contribution in [-0.2, 0) is 4.79 Å². The van der Waals surface area contributed by atoms with Crippen molar-refractivity contribution in [1.29, 1.82) is 0 Å². The summed E-state index contributed by atoms with van der Waals surface area (Å²) >= 11 is 1.52. The van der Waals surface area contributed by atoms with Gasteiger partial charge in [-0.3, -0.25) is 9.69 Å². The van der Waals surface area contributed by atoms with Gasteiger partial charge < -0.3 is 14.4 Å². The van der Waals surface area contributed by atoms with Gasteiger partial charge in [0.2, 0.25) is 6.10 Å². The van der Waals surface area contributed by atoms with Gasteiger partial charge in [-0.1, -0.05) is 35.6 Å². The molecule has 3 aromatic rings. The van der Waals surface area contributed by atoms with Crippen molar-refractivity contribution in [1.82, 2.24) is 4.98 Å². The lowest BCUT2D eigenvalue weighted by atomic mass is 10.2. The number of aromatic nitrogens is 1. The van der Waals surface area contributed by atoms with Crippen molar-refractivity contribution in [2.24, 2.45) is 0 Å². The molecule has 1 aliphatic rings. The Morgan fingerprint density at radius 3 is 2.70 bits per heavy atom. The molecule has 0 radical (unpaired) electrons. The van der Waals surface area contributed by atoms with E-state index in [0.717, 1.165) is 16.8 Å². The fraction of sp³-hybridized carbons (Fsp3) is 0.300. The van der Waals surface area contributed by atoms with E-state index >= 15 is 0 Å². The molecule has 1 aromatic heterocycles. The van der Waals surface area contributed by atoms with Crippen molar-refractivity contribution in [3.63, 3.8) is 0 Å². The quantitative estimate of drug-likeness (QED) is 0.726. The summed E-state index contributed by atoms with van der Waals surface area (Å²) in [7, 11) is 4.13. The van der Waals surface area contributed by atoms with Gasteiger partial charge >= 0.3 is 0 Å². The van der Waals surface area contributed by atoms with E-state index in [1.165, 1.54) is 16.2 Å². The van der Waals surface area contributed by atoms with Crippen LogP contribution in [0.25, 0.3) is 10.2 Å². The Balaban J connectivity index is 1.61. The predicted molar refractivity (Wildman–Crippen MR) is 106 cm³/mol. The first-order valence-electron chi connectivity index (χ1n) is 8.96. The Hall–Kier alpha value is -2.64. The van der Waals surface area contributed by atoms with E-state index in [-0.39, 0.29) is 12.5 Å². The maximum atomic E-state index is 13.3. The third kappa shape index (κ3) is 3.74. The topological polar surface area (TPSA) is 56.1 Å². The summed E-state index contributed by atoms with van der Waals surface area (Å²) in [6.07, 6.45) is -0.677. The number of nitrogens with one attached hydrogen (secondary N) is 1. The number of benzene rings is 2. The number of quaternary nitrogens is 1. The molecule has 1 aliphatic heterocycles. The number of likely N-dealkylation sites (N-methyl/N-ethyl adjacent to an activating group) is 1. The SMILES string of the molecule is C[NH+](C)CCN(C(=O)[C@H]1COc2ccccc2O1)c1nc2ccccc2s1. The van der Waals surface area contributed by atoms with Crippen LogP contribution in [0.15, 0.2) is 48.5 Å². The molecule has 0 unspecified atom stereocenters. The first kappa shape index (κ1) is 17.8. The summed E-state index contributed by atoms with van der Waals surface area (Å²) in [4.78, 5) is 20.9. The van der Waals surface area contributed by atoms with Crippen LogP contribution < -0.4 is 19.3 Å². The van der Waals surface area contributed by atoms with Crippen LogP contribution in [0.5, 0.6) is 11.5 Å². The smallest absolute Gasteiger partial charge is 0.273 e. The van der Waals surface area contributed by atoms with Gasteiger partial charge in [0, 0.05) is 0 Å². The van der Waals surface area contributed by atoms with Crippen LogP contribution in [0, 0.1) is 0 Å². The number of para-hydroxylation sites is 3. The molecule has 0 bridgehead atoms. The van der Waals surface area contributed by atoms with Crippen molar-refractivity contribution >= 4 is 32.6 Å². The Morgan fingerprint density at radius 2 is 1.93 bits per heavy atom. The molecule has 0 aliphatic carbocycles. The largest absolute Gasteiger partial charge is 0.485 e. The summed E-state index contributed by atoms with van der Waals surface area (Å²) < 4.78 is 12.7. The minimum absolute atomic E-state index is 0.121. The van der Waals surface area contributed by atoms with E-state index in [9.17, 15) is 4.79 Å². The highest BCUT2D eigenvalue weighted by Crippen LogP contribution is 2.33. The number of carbonyl (C=O) groups excluding carboxylic acids is 1. The lowest BCUT2D eigenvalue weighted by Gasteiger charge is -2.29. The van der Waals surface area contributed by atoms with Gasteiger partial charge in [-0.25, -0.2) is 4.98 Å². The molecular formula is C20H22N3O3S+. The third-order valence-electron chi connectivity index (χ3n) is 4.40. The van der Waals surface area contributed by atoms with Gasteiger partial charge in [-0.2, -0.15) is 0 Å². The Bertz CT molecular complexity index is 923. The molecular weight excluding hydrogens is 362 g/mol. The molecule has 1 amide bonds. The number of anilines is 1. The van der Waals surface area contributed by atoms with E-state index in [2.05, 4.69) is 19.1 Å². The fourth-order valence-corrected chi connectivity index (χ4v) is 3.92. The second-order valence-electron chi connectivity index (χ2n) is 6.78. The van der Waals surface area contributed by atoms with E-state index in [0.29, 0.717) is 23.2 Å². The number of nitrogens with zero attached hydrogens (tertiary/aromatic N) is 2. The minimum atomic E-state index is -0.677. The Kier molecular flexibility index (Phi) is 4.96. The minimum Gasteiger partial charge on any atom is -0.485 e. The van der Waals surface area contributed by atoms with E-state index in [1.807, 2.05) is 48.5 Å². The van der Waals surface area contributed by atoms with Crippen molar-refractivity contribution in [3.05, 3.63) is 48.5 Å². The van der Waals surface area contributed by atoms with Gasteiger partial charge in [-0.05, 0) is 24.3 Å². The zero-order valence-corrected chi connectivity index (χ0v) is 16.2. The zero-order chi connectivity index (χ0) is 18.8. The van der Waals surface area contributed by atoms with Crippen LogP contribution in [0.1, 0.15) is 0 Å². The predicted octanol–water partition coefficient (Wildman–Crippen LogP) is 1.61. The molecule has 0 saturated carbocycles. The number of fused-ring (bicyclic) bond motifs is 2. The molecule has 6 nitrogen and oxygen atoms in total.